The molecule has 1 saturated heterocycles. The van der Waals surface area contributed by atoms with Gasteiger partial charge in [0.05, 0.1) is 6.20 Å². The van der Waals surface area contributed by atoms with Crippen LogP contribution in [0.15, 0.2) is 30.5 Å². The number of carbonyl (C=O) groups is 1. The molecule has 2 aromatic rings. The van der Waals surface area contributed by atoms with E-state index in [0.29, 0.717) is 24.9 Å². The molecule has 0 atom stereocenters. The van der Waals surface area contributed by atoms with Crippen LogP contribution in [0.1, 0.15) is 12.5 Å². The fourth-order valence-corrected chi connectivity index (χ4v) is 2.49. The monoisotopic (exact) mass is 312 g/mol. The zero-order chi connectivity index (χ0) is 16.2. The van der Waals surface area contributed by atoms with Crippen LogP contribution in [0.5, 0.6) is 0 Å². The van der Waals surface area contributed by atoms with E-state index in [1.54, 1.807) is 13.1 Å². The van der Waals surface area contributed by atoms with Gasteiger partial charge in [-0.25, -0.2) is 0 Å². The first-order valence-corrected chi connectivity index (χ1v) is 7.66. The van der Waals surface area contributed by atoms with Gasteiger partial charge in [0.25, 0.3) is 0 Å². The van der Waals surface area contributed by atoms with E-state index in [4.69, 9.17) is 0 Å². The third kappa shape index (κ3) is 3.74. The summed E-state index contributed by atoms with van der Waals surface area (Å²) in [6.07, 6.45) is 1.61. The second-order valence-corrected chi connectivity index (χ2v) is 5.63. The van der Waals surface area contributed by atoms with E-state index in [2.05, 4.69) is 27.4 Å². The van der Waals surface area contributed by atoms with E-state index in [0.717, 1.165) is 18.8 Å². The Balaban J connectivity index is 1.68. The minimum Gasteiger partial charge on any atom is -0.339 e. The van der Waals surface area contributed by atoms with Crippen LogP contribution in [0.25, 0.3) is 0 Å². The molecular weight excluding hydrogens is 292 g/mol. The molecule has 2 heterocycles. The maximum absolute atomic E-state index is 11.4. The Morgan fingerprint density at radius 3 is 2.48 bits per heavy atom. The molecule has 7 nitrogen and oxygen atoms in total. The zero-order valence-corrected chi connectivity index (χ0v) is 13.4. The molecule has 120 valence electrons. The van der Waals surface area contributed by atoms with Crippen molar-refractivity contribution in [2.24, 2.45) is 0 Å². The molecule has 0 radical (unpaired) electrons. The molecule has 1 aliphatic rings. The Kier molecular flexibility index (Phi) is 4.36. The van der Waals surface area contributed by atoms with Crippen molar-refractivity contribution in [3.05, 3.63) is 36.0 Å². The van der Waals surface area contributed by atoms with Gasteiger partial charge in [-0.2, -0.15) is 10.1 Å². The van der Waals surface area contributed by atoms with Gasteiger partial charge in [-0.05, 0) is 19.1 Å². The number of rotatable bonds is 3. The second-order valence-electron chi connectivity index (χ2n) is 5.63. The summed E-state index contributed by atoms with van der Waals surface area (Å²) in [7, 11) is 0. The maximum Gasteiger partial charge on any atom is 0.247 e. The van der Waals surface area contributed by atoms with Crippen LogP contribution in [0, 0.1) is 6.92 Å². The number of benzene rings is 1. The Hall–Kier alpha value is -2.70. The summed E-state index contributed by atoms with van der Waals surface area (Å²) in [5, 5.41) is 11.4. The van der Waals surface area contributed by atoms with Crippen LogP contribution in [0.2, 0.25) is 0 Å². The highest BCUT2D eigenvalue weighted by Crippen LogP contribution is 2.17. The normalized spacial score (nSPS) is 14.7. The van der Waals surface area contributed by atoms with E-state index in [9.17, 15) is 4.79 Å². The van der Waals surface area contributed by atoms with Crippen molar-refractivity contribution in [2.45, 2.75) is 13.8 Å². The van der Waals surface area contributed by atoms with Crippen molar-refractivity contribution >= 4 is 23.4 Å². The lowest BCUT2D eigenvalue weighted by Crippen LogP contribution is -2.48. The van der Waals surface area contributed by atoms with Crippen molar-refractivity contribution in [3.8, 4) is 0 Å². The number of nitrogens with zero attached hydrogens (tertiary/aromatic N) is 5. The molecule has 0 aliphatic carbocycles. The predicted molar refractivity (Wildman–Crippen MR) is 88.8 cm³/mol. The van der Waals surface area contributed by atoms with Crippen molar-refractivity contribution in [3.63, 3.8) is 0 Å². The number of nitrogens with one attached hydrogen (secondary N) is 1. The molecule has 1 aromatic carbocycles. The lowest BCUT2D eigenvalue weighted by Gasteiger charge is -2.33. The summed E-state index contributed by atoms with van der Waals surface area (Å²) in [5.41, 5.74) is 2.17. The molecule has 0 unspecified atom stereocenters. The first-order valence-electron chi connectivity index (χ1n) is 7.66. The third-order valence-electron chi connectivity index (χ3n) is 3.88. The highest BCUT2D eigenvalue weighted by Gasteiger charge is 2.20. The number of anilines is 3. The maximum atomic E-state index is 11.4. The largest absolute Gasteiger partial charge is 0.339 e. The van der Waals surface area contributed by atoms with Gasteiger partial charge in [-0.3, -0.25) is 4.79 Å². The van der Waals surface area contributed by atoms with Crippen molar-refractivity contribution in [1.82, 2.24) is 20.1 Å². The number of carbonyl (C=O) groups excluding carboxylic acids is 1. The van der Waals surface area contributed by atoms with Gasteiger partial charge < -0.3 is 15.1 Å². The van der Waals surface area contributed by atoms with E-state index >= 15 is 0 Å². The summed E-state index contributed by atoms with van der Waals surface area (Å²) in [5.74, 6) is 1.36. The Morgan fingerprint density at radius 2 is 1.83 bits per heavy atom. The van der Waals surface area contributed by atoms with E-state index in [1.807, 2.05) is 34.1 Å². The zero-order valence-electron chi connectivity index (χ0n) is 13.4. The predicted octanol–water partition coefficient (Wildman–Crippen LogP) is 1.59. The van der Waals surface area contributed by atoms with Crippen molar-refractivity contribution in [1.29, 1.82) is 0 Å². The van der Waals surface area contributed by atoms with Crippen molar-refractivity contribution in [2.75, 3.05) is 36.4 Å². The molecule has 0 bridgehead atoms. The number of aryl methyl sites for hydroxylation is 1. The Labute approximate surface area is 135 Å². The molecule has 1 aliphatic heterocycles. The molecule has 1 amide bonds. The summed E-state index contributed by atoms with van der Waals surface area (Å²) in [6.45, 7) is 6.46. The van der Waals surface area contributed by atoms with Crippen LogP contribution in [0.3, 0.4) is 0 Å². The molecule has 0 spiro atoms. The van der Waals surface area contributed by atoms with Gasteiger partial charge in [0.1, 0.15) is 0 Å². The van der Waals surface area contributed by atoms with Gasteiger partial charge in [-0.15, -0.1) is 5.10 Å². The number of piperazine rings is 1. The first-order chi connectivity index (χ1) is 11.1. The topological polar surface area (TPSA) is 74.2 Å². The van der Waals surface area contributed by atoms with Crippen LogP contribution in [0.4, 0.5) is 17.5 Å². The standard InChI is InChI=1S/C16H20N6O/c1-12-3-5-14(6-4-12)18-15-11-17-20-16(19-15)22-9-7-21(8-10-22)13(2)23/h3-6,11H,7-10H2,1-2H3,(H,18,19,20). The highest BCUT2D eigenvalue weighted by atomic mass is 16.2. The first kappa shape index (κ1) is 15.2. The van der Waals surface area contributed by atoms with Crippen LogP contribution in [-0.4, -0.2) is 52.2 Å². The van der Waals surface area contributed by atoms with Gasteiger partial charge in [0.15, 0.2) is 5.82 Å². The third-order valence-corrected chi connectivity index (χ3v) is 3.88. The molecule has 1 N–H and O–H groups in total. The molecule has 1 aromatic heterocycles. The molecule has 0 saturated carbocycles. The summed E-state index contributed by atoms with van der Waals surface area (Å²) >= 11 is 0. The number of aromatic nitrogens is 3. The van der Waals surface area contributed by atoms with Gasteiger partial charge in [-0.1, -0.05) is 17.7 Å². The lowest BCUT2D eigenvalue weighted by atomic mass is 10.2. The lowest BCUT2D eigenvalue weighted by molar-refractivity contribution is -0.129. The summed E-state index contributed by atoms with van der Waals surface area (Å²) in [6, 6.07) is 8.09. The van der Waals surface area contributed by atoms with Gasteiger partial charge in [0.2, 0.25) is 11.9 Å². The summed E-state index contributed by atoms with van der Waals surface area (Å²) in [4.78, 5) is 19.8. The molecule has 3 rings (SSSR count). The van der Waals surface area contributed by atoms with Gasteiger partial charge >= 0.3 is 0 Å². The number of amides is 1. The summed E-state index contributed by atoms with van der Waals surface area (Å²) < 4.78 is 0. The fraction of sp³-hybridized carbons (Fsp3) is 0.375. The van der Waals surface area contributed by atoms with Crippen molar-refractivity contribution < 1.29 is 4.79 Å². The fourth-order valence-electron chi connectivity index (χ4n) is 2.49. The number of hydrogen-bond donors (Lipinski definition) is 1. The molecule has 7 heteroatoms. The SMILES string of the molecule is CC(=O)N1CCN(c2nncc(Nc3ccc(C)cc3)n2)CC1. The average Bonchev–Trinajstić information content (AvgIpc) is 2.57. The quantitative estimate of drug-likeness (QED) is 0.928. The second kappa shape index (κ2) is 6.60. The van der Waals surface area contributed by atoms with E-state index in [1.165, 1.54) is 5.56 Å². The molecule has 1 fully saturated rings. The number of hydrogen-bond acceptors (Lipinski definition) is 6. The Morgan fingerprint density at radius 1 is 1.13 bits per heavy atom. The molecular formula is C16H20N6O. The minimum absolute atomic E-state index is 0.110. The van der Waals surface area contributed by atoms with Crippen LogP contribution < -0.4 is 10.2 Å². The van der Waals surface area contributed by atoms with Crippen LogP contribution >= 0.6 is 0 Å². The Bertz CT molecular complexity index is 679. The highest BCUT2D eigenvalue weighted by molar-refractivity contribution is 5.73. The minimum atomic E-state index is 0.110. The molecule has 23 heavy (non-hydrogen) atoms. The van der Waals surface area contributed by atoms with E-state index in [-0.39, 0.29) is 5.91 Å². The van der Waals surface area contributed by atoms with E-state index < -0.39 is 0 Å². The van der Waals surface area contributed by atoms with Crippen LogP contribution in [-0.2, 0) is 4.79 Å². The van der Waals surface area contributed by atoms with Gasteiger partial charge in [0, 0.05) is 38.8 Å². The smallest absolute Gasteiger partial charge is 0.247 e. The average molecular weight is 312 g/mol.